The molecule has 0 saturated heterocycles. The molecule has 4 heteroatoms. The third kappa shape index (κ3) is 2.97. The molecule has 14 heavy (non-hydrogen) atoms. The number of hydrogen-bond donors (Lipinski definition) is 1. The molecule has 0 spiro atoms. The Kier molecular flexibility index (Phi) is 3.34. The van der Waals surface area contributed by atoms with Crippen LogP contribution >= 0.6 is 0 Å². The van der Waals surface area contributed by atoms with Crippen molar-refractivity contribution in [3.05, 3.63) is 24.3 Å². The molecule has 0 atom stereocenters. The molecular formula is C10H14N2O2. The molecule has 0 unspecified atom stereocenters. The number of nitrogen functional groups attached to an aromatic ring is 1. The summed E-state index contributed by atoms with van der Waals surface area (Å²) in [5.41, 5.74) is 6.17. The van der Waals surface area contributed by atoms with Crippen molar-refractivity contribution in [1.29, 1.82) is 0 Å². The number of nitrogens with two attached hydrogens (primary N) is 1. The fourth-order valence-corrected chi connectivity index (χ4v) is 0.879. The highest BCUT2D eigenvalue weighted by Gasteiger charge is 2.04. The van der Waals surface area contributed by atoms with E-state index in [-0.39, 0.29) is 12.5 Å². The Balaban J connectivity index is 2.50. The number of likely N-dealkylation sites (N-methyl/N-ethyl adjacent to an activating group) is 1. The summed E-state index contributed by atoms with van der Waals surface area (Å²) < 4.78 is 5.24. The van der Waals surface area contributed by atoms with Gasteiger partial charge in [0, 0.05) is 25.8 Å². The standard InChI is InChI=1S/C10H14N2O2/c1-12(2)10(13)7-14-9-5-3-4-8(11)6-9/h3-6H,7,11H2,1-2H3. The number of rotatable bonds is 3. The predicted octanol–water partition coefficient (Wildman–Crippen LogP) is 0.736. The number of carbonyl (C=O) groups is 1. The highest BCUT2D eigenvalue weighted by molar-refractivity contribution is 5.77. The molecule has 1 amide bonds. The van der Waals surface area contributed by atoms with Crippen molar-refractivity contribution < 1.29 is 9.53 Å². The van der Waals surface area contributed by atoms with Gasteiger partial charge in [0.25, 0.3) is 5.91 Å². The lowest BCUT2D eigenvalue weighted by Gasteiger charge is -2.11. The molecule has 0 bridgehead atoms. The van der Waals surface area contributed by atoms with Crippen molar-refractivity contribution >= 4 is 11.6 Å². The fourth-order valence-electron chi connectivity index (χ4n) is 0.879. The number of carbonyl (C=O) groups excluding carboxylic acids is 1. The summed E-state index contributed by atoms with van der Waals surface area (Å²) in [5, 5.41) is 0. The van der Waals surface area contributed by atoms with Crippen LogP contribution in [0.4, 0.5) is 5.69 Å². The van der Waals surface area contributed by atoms with Crippen molar-refractivity contribution in [2.45, 2.75) is 0 Å². The topological polar surface area (TPSA) is 55.6 Å². The van der Waals surface area contributed by atoms with Crippen LogP contribution in [0.3, 0.4) is 0 Å². The maximum Gasteiger partial charge on any atom is 0.259 e. The van der Waals surface area contributed by atoms with Crippen LogP contribution in [0.5, 0.6) is 5.75 Å². The molecule has 1 aromatic carbocycles. The smallest absolute Gasteiger partial charge is 0.259 e. The number of anilines is 1. The van der Waals surface area contributed by atoms with E-state index in [1.54, 1.807) is 38.4 Å². The molecular weight excluding hydrogens is 180 g/mol. The van der Waals surface area contributed by atoms with E-state index in [9.17, 15) is 4.79 Å². The van der Waals surface area contributed by atoms with E-state index in [2.05, 4.69) is 0 Å². The minimum atomic E-state index is -0.0765. The second-order valence-corrected chi connectivity index (χ2v) is 3.15. The second kappa shape index (κ2) is 4.50. The highest BCUT2D eigenvalue weighted by atomic mass is 16.5. The van der Waals surface area contributed by atoms with E-state index < -0.39 is 0 Å². The summed E-state index contributed by atoms with van der Waals surface area (Å²) >= 11 is 0. The lowest BCUT2D eigenvalue weighted by Crippen LogP contribution is -2.27. The minimum Gasteiger partial charge on any atom is -0.484 e. The van der Waals surface area contributed by atoms with Gasteiger partial charge in [-0.05, 0) is 12.1 Å². The Bertz CT molecular complexity index is 324. The van der Waals surface area contributed by atoms with E-state index in [1.165, 1.54) is 4.90 Å². The second-order valence-electron chi connectivity index (χ2n) is 3.15. The zero-order valence-electron chi connectivity index (χ0n) is 8.36. The van der Waals surface area contributed by atoms with E-state index in [1.807, 2.05) is 0 Å². The van der Waals surface area contributed by atoms with Crippen LogP contribution in [0.15, 0.2) is 24.3 Å². The molecule has 76 valence electrons. The monoisotopic (exact) mass is 194 g/mol. The minimum absolute atomic E-state index is 0.0381. The molecule has 2 N–H and O–H groups in total. The number of benzene rings is 1. The van der Waals surface area contributed by atoms with Gasteiger partial charge in [0.05, 0.1) is 0 Å². The van der Waals surface area contributed by atoms with Crippen LogP contribution in [0.25, 0.3) is 0 Å². The molecule has 0 heterocycles. The summed E-state index contributed by atoms with van der Waals surface area (Å²) in [5.74, 6) is 0.535. The average Bonchev–Trinajstić information content (AvgIpc) is 2.14. The molecule has 1 rings (SSSR count). The maximum absolute atomic E-state index is 11.2. The number of amides is 1. The number of ether oxygens (including phenoxy) is 1. The number of hydrogen-bond acceptors (Lipinski definition) is 3. The SMILES string of the molecule is CN(C)C(=O)COc1cccc(N)c1. The average molecular weight is 194 g/mol. The zero-order chi connectivity index (χ0) is 10.6. The Hall–Kier alpha value is -1.71. The molecule has 0 aliphatic rings. The zero-order valence-corrected chi connectivity index (χ0v) is 8.36. The normalized spacial score (nSPS) is 9.57. The summed E-state index contributed by atoms with van der Waals surface area (Å²) in [4.78, 5) is 12.6. The van der Waals surface area contributed by atoms with Gasteiger partial charge >= 0.3 is 0 Å². The van der Waals surface area contributed by atoms with E-state index in [0.29, 0.717) is 11.4 Å². The Labute approximate surface area is 83.3 Å². The molecule has 4 nitrogen and oxygen atoms in total. The quantitative estimate of drug-likeness (QED) is 0.722. The van der Waals surface area contributed by atoms with Gasteiger partial charge in [0.1, 0.15) is 5.75 Å². The first-order chi connectivity index (χ1) is 6.59. The third-order valence-electron chi connectivity index (χ3n) is 1.72. The largest absolute Gasteiger partial charge is 0.484 e. The molecule has 0 aliphatic carbocycles. The first-order valence-corrected chi connectivity index (χ1v) is 4.28. The van der Waals surface area contributed by atoms with Crippen molar-refractivity contribution in [2.24, 2.45) is 0 Å². The van der Waals surface area contributed by atoms with Gasteiger partial charge in [-0.2, -0.15) is 0 Å². The van der Waals surface area contributed by atoms with Gasteiger partial charge in [-0.25, -0.2) is 0 Å². The van der Waals surface area contributed by atoms with Gasteiger partial charge in [-0.15, -0.1) is 0 Å². The maximum atomic E-state index is 11.2. The van der Waals surface area contributed by atoms with Gasteiger partial charge < -0.3 is 15.4 Å². The molecule has 0 saturated carbocycles. The van der Waals surface area contributed by atoms with Crippen LogP contribution in [0.2, 0.25) is 0 Å². The van der Waals surface area contributed by atoms with E-state index in [0.717, 1.165) is 0 Å². The first kappa shape index (κ1) is 10.4. The summed E-state index contributed by atoms with van der Waals surface area (Å²) in [6.45, 7) is 0.0381. The molecule has 1 aromatic rings. The van der Waals surface area contributed by atoms with E-state index >= 15 is 0 Å². The van der Waals surface area contributed by atoms with Crippen molar-refractivity contribution in [2.75, 3.05) is 26.4 Å². The Morgan fingerprint density at radius 2 is 2.21 bits per heavy atom. The van der Waals surface area contributed by atoms with Crippen LogP contribution in [0, 0.1) is 0 Å². The van der Waals surface area contributed by atoms with E-state index in [4.69, 9.17) is 10.5 Å². The first-order valence-electron chi connectivity index (χ1n) is 4.28. The number of nitrogens with zero attached hydrogens (tertiary/aromatic N) is 1. The predicted molar refractivity (Wildman–Crippen MR) is 55.0 cm³/mol. The highest BCUT2D eigenvalue weighted by Crippen LogP contribution is 2.14. The van der Waals surface area contributed by atoms with Crippen LogP contribution in [-0.2, 0) is 4.79 Å². The van der Waals surface area contributed by atoms with Crippen molar-refractivity contribution in [1.82, 2.24) is 4.90 Å². The molecule has 0 aliphatic heterocycles. The molecule has 0 aromatic heterocycles. The van der Waals surface area contributed by atoms with Gasteiger partial charge in [-0.3, -0.25) is 4.79 Å². The fraction of sp³-hybridized carbons (Fsp3) is 0.300. The van der Waals surface area contributed by atoms with Crippen molar-refractivity contribution in [3.63, 3.8) is 0 Å². The molecule has 0 fully saturated rings. The van der Waals surface area contributed by atoms with Crippen LogP contribution in [0.1, 0.15) is 0 Å². The lowest BCUT2D eigenvalue weighted by molar-refractivity contribution is -0.130. The summed E-state index contributed by atoms with van der Waals surface area (Å²) in [6.07, 6.45) is 0. The van der Waals surface area contributed by atoms with Gasteiger partial charge in [0.15, 0.2) is 6.61 Å². The molecule has 0 radical (unpaired) electrons. The summed E-state index contributed by atoms with van der Waals surface area (Å²) in [7, 11) is 3.37. The Morgan fingerprint density at radius 1 is 1.50 bits per heavy atom. The summed E-state index contributed by atoms with van der Waals surface area (Å²) in [6, 6.07) is 6.99. The van der Waals surface area contributed by atoms with Crippen molar-refractivity contribution in [3.8, 4) is 5.75 Å². The Morgan fingerprint density at radius 3 is 2.79 bits per heavy atom. The van der Waals surface area contributed by atoms with Crippen LogP contribution < -0.4 is 10.5 Å². The van der Waals surface area contributed by atoms with Gasteiger partial charge in [-0.1, -0.05) is 6.07 Å². The van der Waals surface area contributed by atoms with Crippen LogP contribution in [-0.4, -0.2) is 31.5 Å². The third-order valence-corrected chi connectivity index (χ3v) is 1.72. The lowest BCUT2D eigenvalue weighted by atomic mass is 10.3. The van der Waals surface area contributed by atoms with Gasteiger partial charge in [0.2, 0.25) is 0 Å².